The zero-order chi connectivity index (χ0) is 27.3. The lowest BCUT2D eigenvalue weighted by Crippen LogP contribution is -2.32. The number of hydrogen-bond acceptors (Lipinski definition) is 7. The van der Waals surface area contributed by atoms with E-state index in [9.17, 15) is 14.4 Å². The topological polar surface area (TPSA) is 88.7 Å². The molecule has 1 saturated heterocycles. The van der Waals surface area contributed by atoms with Crippen LogP contribution in [0.3, 0.4) is 0 Å². The number of thiazole rings is 1. The van der Waals surface area contributed by atoms with Gasteiger partial charge in [-0.25, -0.2) is 4.90 Å². The second-order valence-corrected chi connectivity index (χ2v) is 12.0. The van der Waals surface area contributed by atoms with Gasteiger partial charge in [-0.05, 0) is 60.0 Å². The van der Waals surface area contributed by atoms with Gasteiger partial charge in [0, 0.05) is 15.8 Å². The molecule has 2 aliphatic heterocycles. The number of aromatic amines is 1. The zero-order valence-electron chi connectivity index (χ0n) is 21.0. The molecule has 3 aromatic carbocycles. The van der Waals surface area contributed by atoms with Gasteiger partial charge in [-0.1, -0.05) is 65.0 Å². The van der Waals surface area contributed by atoms with Gasteiger partial charge >= 0.3 is 4.87 Å². The van der Waals surface area contributed by atoms with Crippen LogP contribution in [0.25, 0.3) is 0 Å². The van der Waals surface area contributed by atoms with Crippen LogP contribution < -0.4 is 19.2 Å². The van der Waals surface area contributed by atoms with E-state index in [4.69, 9.17) is 21.1 Å². The van der Waals surface area contributed by atoms with Crippen molar-refractivity contribution in [1.82, 2.24) is 4.98 Å². The van der Waals surface area contributed by atoms with Crippen LogP contribution in [-0.4, -0.2) is 29.2 Å². The molecule has 1 N–H and O–H groups in total. The summed E-state index contributed by atoms with van der Waals surface area (Å²) in [7, 11) is 1.56. The maximum atomic E-state index is 13.9. The lowest BCUT2D eigenvalue weighted by atomic mass is 9.83. The number of imide groups is 1. The Morgan fingerprint density at radius 3 is 2.49 bits per heavy atom. The number of thioether (sulfide) groups is 1. The third-order valence-electron chi connectivity index (χ3n) is 7.10. The predicted octanol–water partition coefficient (Wildman–Crippen LogP) is 5.78. The Balaban J connectivity index is 1.38. The van der Waals surface area contributed by atoms with Crippen molar-refractivity contribution < 1.29 is 19.1 Å². The number of aryl methyl sites for hydroxylation is 1. The molecule has 0 spiro atoms. The van der Waals surface area contributed by atoms with E-state index in [0.29, 0.717) is 33.8 Å². The van der Waals surface area contributed by atoms with Gasteiger partial charge in [0.2, 0.25) is 11.8 Å². The molecule has 3 heterocycles. The largest absolute Gasteiger partial charge is 0.493 e. The first kappa shape index (κ1) is 25.7. The van der Waals surface area contributed by atoms with Crippen LogP contribution in [0, 0.1) is 12.8 Å². The molecule has 7 nitrogen and oxygen atoms in total. The number of rotatable bonds is 6. The molecule has 3 atom stereocenters. The SMILES string of the molecule is COc1cc(C2c3sc(=O)[nH]c3SC3C(=O)N(c4ccc(Cl)cc4)C(=O)C32)ccc1OCc1ccccc1C. The summed E-state index contributed by atoms with van der Waals surface area (Å²) in [5.41, 5.74) is 3.43. The number of carbonyl (C=O) groups is 2. The average molecular weight is 579 g/mol. The number of nitrogens with one attached hydrogen (secondary N) is 1. The Labute approximate surface area is 237 Å². The number of nitrogens with zero attached hydrogens (tertiary/aromatic N) is 1. The highest BCUT2D eigenvalue weighted by molar-refractivity contribution is 8.00. The summed E-state index contributed by atoms with van der Waals surface area (Å²) in [6.07, 6.45) is 0. The van der Waals surface area contributed by atoms with Crippen LogP contribution in [0.2, 0.25) is 5.02 Å². The predicted molar refractivity (Wildman–Crippen MR) is 152 cm³/mol. The molecule has 0 radical (unpaired) electrons. The number of ether oxygens (including phenoxy) is 2. The third kappa shape index (κ3) is 4.54. The van der Waals surface area contributed by atoms with Crippen LogP contribution in [-0.2, 0) is 16.2 Å². The van der Waals surface area contributed by atoms with Gasteiger partial charge in [0.1, 0.15) is 11.9 Å². The molecule has 2 amide bonds. The second kappa shape index (κ2) is 10.2. The molecule has 1 fully saturated rings. The van der Waals surface area contributed by atoms with Crippen molar-refractivity contribution in [3.05, 3.63) is 103 Å². The summed E-state index contributed by atoms with van der Waals surface area (Å²) in [4.78, 5) is 44.4. The molecule has 10 heteroatoms. The Bertz CT molecular complexity index is 1650. The lowest BCUT2D eigenvalue weighted by molar-refractivity contribution is -0.122. The fraction of sp³-hybridized carbons (Fsp3) is 0.207. The Morgan fingerprint density at radius 1 is 0.974 bits per heavy atom. The number of benzene rings is 3. The minimum absolute atomic E-state index is 0.225. The average Bonchev–Trinajstić information content (AvgIpc) is 3.43. The number of halogens is 1. The number of methoxy groups -OCH3 is 1. The van der Waals surface area contributed by atoms with E-state index in [1.807, 2.05) is 49.4 Å². The van der Waals surface area contributed by atoms with Gasteiger partial charge in [0.25, 0.3) is 0 Å². The molecule has 0 saturated carbocycles. The van der Waals surface area contributed by atoms with Gasteiger partial charge in [-0.2, -0.15) is 0 Å². The maximum Gasteiger partial charge on any atom is 0.305 e. The summed E-state index contributed by atoms with van der Waals surface area (Å²) in [6, 6.07) is 20.2. The number of anilines is 1. The number of H-pyrrole nitrogens is 1. The molecular formula is C29H23ClN2O5S2. The van der Waals surface area contributed by atoms with E-state index >= 15 is 0 Å². The zero-order valence-corrected chi connectivity index (χ0v) is 23.4. The minimum atomic E-state index is -0.694. The van der Waals surface area contributed by atoms with Crippen LogP contribution in [0.4, 0.5) is 5.69 Å². The van der Waals surface area contributed by atoms with Gasteiger partial charge in [0.15, 0.2) is 11.5 Å². The Morgan fingerprint density at radius 2 is 1.74 bits per heavy atom. The fourth-order valence-electron chi connectivity index (χ4n) is 5.15. The van der Waals surface area contributed by atoms with Crippen molar-refractivity contribution in [1.29, 1.82) is 0 Å². The highest BCUT2D eigenvalue weighted by atomic mass is 35.5. The van der Waals surface area contributed by atoms with E-state index in [-0.39, 0.29) is 16.7 Å². The van der Waals surface area contributed by atoms with Gasteiger partial charge in [-0.15, -0.1) is 0 Å². The first-order valence-corrected chi connectivity index (χ1v) is 14.3. The molecule has 3 unspecified atom stereocenters. The summed E-state index contributed by atoms with van der Waals surface area (Å²) in [5.74, 6) is -0.763. The van der Waals surface area contributed by atoms with Crippen molar-refractivity contribution in [2.75, 3.05) is 12.0 Å². The lowest BCUT2D eigenvalue weighted by Gasteiger charge is -2.30. The van der Waals surface area contributed by atoms with Crippen LogP contribution in [0.1, 0.15) is 27.5 Å². The smallest absolute Gasteiger partial charge is 0.305 e. The maximum absolute atomic E-state index is 13.9. The first-order chi connectivity index (χ1) is 18.9. The fourth-order valence-corrected chi connectivity index (χ4v) is 7.79. The Kier molecular flexibility index (Phi) is 6.74. The third-order valence-corrected chi connectivity index (χ3v) is 9.75. The van der Waals surface area contributed by atoms with Crippen molar-refractivity contribution >= 4 is 52.2 Å². The number of aromatic nitrogens is 1. The first-order valence-electron chi connectivity index (χ1n) is 12.2. The van der Waals surface area contributed by atoms with Gasteiger partial charge < -0.3 is 14.5 Å². The quantitative estimate of drug-likeness (QED) is 0.292. The normalized spacial score (nSPS) is 20.1. The monoisotopic (exact) mass is 578 g/mol. The second-order valence-electron chi connectivity index (χ2n) is 9.36. The van der Waals surface area contributed by atoms with E-state index < -0.39 is 17.1 Å². The number of fused-ring (bicyclic) bond motifs is 2. The van der Waals surface area contributed by atoms with Gasteiger partial charge in [-0.3, -0.25) is 14.4 Å². The molecule has 2 aliphatic rings. The highest BCUT2D eigenvalue weighted by Crippen LogP contribution is 2.53. The van der Waals surface area contributed by atoms with Gasteiger partial charge in [0.05, 0.1) is 23.7 Å². The molecule has 1 aromatic heterocycles. The summed E-state index contributed by atoms with van der Waals surface area (Å²) in [6.45, 7) is 2.41. The molecular weight excluding hydrogens is 556 g/mol. The van der Waals surface area contributed by atoms with E-state index in [1.54, 1.807) is 31.4 Å². The molecule has 0 aliphatic carbocycles. The summed E-state index contributed by atoms with van der Waals surface area (Å²) < 4.78 is 11.8. The van der Waals surface area contributed by atoms with Crippen LogP contribution in [0.5, 0.6) is 11.5 Å². The van der Waals surface area contributed by atoms with Crippen molar-refractivity contribution in [2.45, 2.75) is 29.7 Å². The van der Waals surface area contributed by atoms with E-state index in [0.717, 1.165) is 32.9 Å². The standard InChI is InChI=1S/C29H23ClN2O5S2/c1-15-5-3-4-6-17(15)14-37-20-12-7-16(13-21(20)36-2)22-23-25(38-26-24(22)39-29(35)31-26)28(34)32(27(23)33)19-10-8-18(30)9-11-19/h3-13,22-23,25H,14H2,1-2H3,(H,31,35). The molecule has 0 bridgehead atoms. The molecule has 39 heavy (non-hydrogen) atoms. The number of amides is 2. The molecule has 6 rings (SSSR count). The van der Waals surface area contributed by atoms with Crippen LogP contribution >= 0.6 is 34.7 Å². The number of carbonyl (C=O) groups excluding carboxylic acids is 2. The van der Waals surface area contributed by atoms with E-state index in [2.05, 4.69) is 4.98 Å². The van der Waals surface area contributed by atoms with Crippen molar-refractivity contribution in [3.8, 4) is 11.5 Å². The van der Waals surface area contributed by atoms with Crippen molar-refractivity contribution in [3.63, 3.8) is 0 Å². The molecule has 198 valence electrons. The van der Waals surface area contributed by atoms with Crippen molar-refractivity contribution in [2.24, 2.45) is 5.92 Å². The van der Waals surface area contributed by atoms with E-state index in [1.165, 1.54) is 16.7 Å². The van der Waals surface area contributed by atoms with Crippen LogP contribution in [0.15, 0.2) is 76.6 Å². The number of hydrogen-bond donors (Lipinski definition) is 1. The molecule has 4 aromatic rings. The minimum Gasteiger partial charge on any atom is -0.493 e. The summed E-state index contributed by atoms with van der Waals surface area (Å²) in [5, 5.41) is 0.451. The summed E-state index contributed by atoms with van der Waals surface area (Å²) >= 11 is 8.35. The highest BCUT2D eigenvalue weighted by Gasteiger charge is 2.56. The Hall–Kier alpha value is -3.53.